The molecule has 0 aliphatic rings. The largest absolute Gasteiger partial charge is 0.310 e. The molecule has 0 saturated heterocycles. The van der Waals surface area contributed by atoms with Crippen molar-refractivity contribution in [3.8, 4) is 0 Å². The number of thioether (sulfide) groups is 1. The van der Waals surface area contributed by atoms with Crippen LogP contribution in [0.1, 0.15) is 23.4 Å². The fourth-order valence-electron chi connectivity index (χ4n) is 0.914. The lowest BCUT2D eigenvalue weighted by Gasteiger charge is -1.96. The van der Waals surface area contributed by atoms with Crippen molar-refractivity contribution in [3.05, 3.63) is 10.0 Å². The molecule has 0 fully saturated rings. The standard InChI is InChI=1S/C8H15N3S2/c1-3-4-9-5-7-10-11-8(13-7)6-12-2/h9H,3-6H2,1-2H3. The van der Waals surface area contributed by atoms with Crippen LogP contribution in [0, 0.1) is 0 Å². The fraction of sp³-hybridized carbons (Fsp3) is 0.750. The third kappa shape index (κ3) is 4.06. The minimum absolute atomic E-state index is 0.861. The molecule has 1 N–H and O–H groups in total. The number of nitrogens with one attached hydrogen (secondary N) is 1. The second kappa shape index (κ2) is 6.34. The van der Waals surface area contributed by atoms with Gasteiger partial charge in [-0.05, 0) is 19.2 Å². The Morgan fingerprint density at radius 1 is 1.38 bits per heavy atom. The molecule has 1 aromatic heterocycles. The second-order valence-corrected chi connectivity index (χ2v) is 4.71. The number of aromatic nitrogens is 2. The zero-order chi connectivity index (χ0) is 9.52. The Hall–Kier alpha value is -0.130. The zero-order valence-electron chi connectivity index (χ0n) is 8.04. The first-order chi connectivity index (χ1) is 6.36. The maximum atomic E-state index is 4.10. The average Bonchev–Trinajstić information content (AvgIpc) is 2.54. The fourth-order valence-corrected chi connectivity index (χ4v) is 2.42. The van der Waals surface area contributed by atoms with Gasteiger partial charge in [-0.3, -0.25) is 0 Å². The molecule has 1 rings (SSSR count). The van der Waals surface area contributed by atoms with E-state index in [0.717, 1.165) is 35.3 Å². The SMILES string of the molecule is CCCNCc1nnc(CSC)s1. The molecule has 0 radical (unpaired) electrons. The van der Waals surface area contributed by atoms with E-state index in [1.165, 1.54) is 0 Å². The molecule has 0 aromatic carbocycles. The Balaban J connectivity index is 2.31. The van der Waals surface area contributed by atoms with Gasteiger partial charge < -0.3 is 5.32 Å². The van der Waals surface area contributed by atoms with Crippen LogP contribution in [-0.4, -0.2) is 23.0 Å². The minimum atomic E-state index is 0.861. The van der Waals surface area contributed by atoms with Crippen LogP contribution in [0.4, 0.5) is 0 Å². The van der Waals surface area contributed by atoms with E-state index in [1.807, 2.05) is 0 Å². The third-order valence-corrected chi connectivity index (χ3v) is 3.15. The van der Waals surface area contributed by atoms with Gasteiger partial charge in [0.1, 0.15) is 10.0 Å². The van der Waals surface area contributed by atoms with Crippen LogP contribution in [0.5, 0.6) is 0 Å². The Morgan fingerprint density at radius 3 is 2.85 bits per heavy atom. The molecule has 0 amide bonds. The Bertz CT molecular complexity index is 237. The average molecular weight is 217 g/mol. The van der Waals surface area contributed by atoms with E-state index in [9.17, 15) is 0 Å². The monoisotopic (exact) mass is 217 g/mol. The molecule has 0 aliphatic carbocycles. The lowest BCUT2D eigenvalue weighted by Crippen LogP contribution is -2.13. The van der Waals surface area contributed by atoms with Crippen LogP contribution >= 0.6 is 23.1 Å². The quantitative estimate of drug-likeness (QED) is 0.739. The minimum Gasteiger partial charge on any atom is -0.310 e. The van der Waals surface area contributed by atoms with Crippen LogP contribution in [0.3, 0.4) is 0 Å². The van der Waals surface area contributed by atoms with Crippen molar-refractivity contribution >= 4 is 23.1 Å². The number of rotatable bonds is 6. The van der Waals surface area contributed by atoms with E-state index >= 15 is 0 Å². The maximum absolute atomic E-state index is 4.10. The highest BCUT2D eigenvalue weighted by molar-refractivity contribution is 7.97. The normalized spacial score (nSPS) is 10.6. The topological polar surface area (TPSA) is 37.8 Å². The molecular weight excluding hydrogens is 202 g/mol. The molecule has 3 nitrogen and oxygen atoms in total. The van der Waals surface area contributed by atoms with Gasteiger partial charge >= 0.3 is 0 Å². The molecule has 0 atom stereocenters. The Labute approximate surface area is 87.3 Å². The van der Waals surface area contributed by atoms with Crippen molar-refractivity contribution in [2.75, 3.05) is 12.8 Å². The van der Waals surface area contributed by atoms with Crippen molar-refractivity contribution < 1.29 is 0 Å². The molecule has 5 heteroatoms. The molecule has 13 heavy (non-hydrogen) atoms. The van der Waals surface area contributed by atoms with Gasteiger partial charge in [0.15, 0.2) is 0 Å². The molecule has 0 spiro atoms. The third-order valence-electron chi connectivity index (χ3n) is 1.48. The highest BCUT2D eigenvalue weighted by Crippen LogP contribution is 2.14. The van der Waals surface area contributed by atoms with Crippen molar-refractivity contribution in [1.29, 1.82) is 0 Å². The van der Waals surface area contributed by atoms with Crippen LogP contribution in [0.25, 0.3) is 0 Å². The summed E-state index contributed by atoms with van der Waals surface area (Å²) < 4.78 is 0. The number of hydrogen-bond donors (Lipinski definition) is 1. The van der Waals surface area contributed by atoms with Crippen molar-refractivity contribution in [1.82, 2.24) is 15.5 Å². The lowest BCUT2D eigenvalue weighted by molar-refractivity contribution is 0.668. The molecule has 0 saturated carbocycles. The summed E-state index contributed by atoms with van der Waals surface area (Å²) in [5.74, 6) is 0.978. The van der Waals surface area contributed by atoms with E-state index in [1.54, 1.807) is 23.1 Å². The van der Waals surface area contributed by atoms with Gasteiger partial charge in [0.2, 0.25) is 0 Å². The first-order valence-electron chi connectivity index (χ1n) is 4.37. The molecule has 0 unspecified atom stereocenters. The van der Waals surface area contributed by atoms with Crippen molar-refractivity contribution in [2.24, 2.45) is 0 Å². The predicted octanol–water partition coefficient (Wildman–Crippen LogP) is 1.90. The van der Waals surface area contributed by atoms with Crippen molar-refractivity contribution in [3.63, 3.8) is 0 Å². The summed E-state index contributed by atoms with van der Waals surface area (Å²) in [5, 5.41) is 13.7. The maximum Gasteiger partial charge on any atom is 0.131 e. The summed E-state index contributed by atoms with van der Waals surface area (Å²) in [6, 6.07) is 0. The summed E-state index contributed by atoms with van der Waals surface area (Å²) in [5.41, 5.74) is 0. The van der Waals surface area contributed by atoms with Crippen molar-refractivity contribution in [2.45, 2.75) is 25.6 Å². The molecule has 1 aromatic rings. The first kappa shape index (κ1) is 10.9. The first-order valence-corrected chi connectivity index (χ1v) is 6.58. The van der Waals surface area contributed by atoms with Gasteiger partial charge in [-0.2, -0.15) is 11.8 Å². The van der Waals surface area contributed by atoms with Crippen LogP contribution in [0.2, 0.25) is 0 Å². The lowest BCUT2D eigenvalue weighted by atomic mass is 10.5. The van der Waals surface area contributed by atoms with Gasteiger partial charge in [0, 0.05) is 12.3 Å². The number of hydrogen-bond acceptors (Lipinski definition) is 5. The highest BCUT2D eigenvalue weighted by Gasteiger charge is 2.01. The Kier molecular flexibility index (Phi) is 5.34. The van der Waals surface area contributed by atoms with Crippen LogP contribution in [-0.2, 0) is 12.3 Å². The summed E-state index contributed by atoms with van der Waals surface area (Å²) in [4.78, 5) is 0. The van der Waals surface area contributed by atoms with E-state index in [2.05, 4.69) is 28.7 Å². The summed E-state index contributed by atoms with van der Waals surface area (Å²) in [6.45, 7) is 4.07. The van der Waals surface area contributed by atoms with Crippen LogP contribution < -0.4 is 5.32 Å². The van der Waals surface area contributed by atoms with Gasteiger partial charge in [0.25, 0.3) is 0 Å². The summed E-state index contributed by atoms with van der Waals surface area (Å²) >= 11 is 3.49. The van der Waals surface area contributed by atoms with Gasteiger partial charge in [-0.25, -0.2) is 0 Å². The summed E-state index contributed by atoms with van der Waals surface area (Å²) in [7, 11) is 0. The predicted molar refractivity (Wildman–Crippen MR) is 59.1 cm³/mol. The van der Waals surface area contributed by atoms with Crippen LogP contribution in [0.15, 0.2) is 0 Å². The molecular formula is C8H15N3S2. The van der Waals surface area contributed by atoms with Gasteiger partial charge in [-0.1, -0.05) is 18.3 Å². The van der Waals surface area contributed by atoms with E-state index in [0.29, 0.717) is 0 Å². The molecule has 0 bridgehead atoms. The zero-order valence-corrected chi connectivity index (χ0v) is 9.67. The summed E-state index contributed by atoms with van der Waals surface area (Å²) in [6.07, 6.45) is 3.24. The molecule has 0 aliphatic heterocycles. The molecule has 74 valence electrons. The molecule has 1 heterocycles. The van der Waals surface area contributed by atoms with E-state index in [-0.39, 0.29) is 0 Å². The van der Waals surface area contributed by atoms with Gasteiger partial charge in [0.05, 0.1) is 0 Å². The Morgan fingerprint density at radius 2 is 2.15 bits per heavy atom. The second-order valence-electron chi connectivity index (χ2n) is 2.70. The number of nitrogens with zero attached hydrogens (tertiary/aromatic N) is 2. The van der Waals surface area contributed by atoms with Gasteiger partial charge in [-0.15, -0.1) is 10.2 Å². The van der Waals surface area contributed by atoms with E-state index in [4.69, 9.17) is 0 Å². The smallest absolute Gasteiger partial charge is 0.131 e. The highest BCUT2D eigenvalue weighted by atomic mass is 32.2. The van der Waals surface area contributed by atoms with E-state index < -0.39 is 0 Å².